The summed E-state index contributed by atoms with van der Waals surface area (Å²) in [5, 5.41) is 11.6. The van der Waals surface area contributed by atoms with Gasteiger partial charge in [-0.2, -0.15) is 0 Å². The van der Waals surface area contributed by atoms with Crippen LogP contribution in [0.4, 0.5) is 0 Å². The number of carbonyl (C=O) groups excluding carboxylic acids is 1. The first-order chi connectivity index (χ1) is 10.8. The first kappa shape index (κ1) is 19.5. The first-order valence-electron chi connectivity index (χ1n) is 8.46. The van der Waals surface area contributed by atoms with Crippen LogP contribution in [0.1, 0.15) is 57.6 Å². The van der Waals surface area contributed by atoms with Crippen LogP contribution in [0, 0.1) is 6.92 Å². The molecule has 0 saturated heterocycles. The topological polar surface area (TPSA) is 58.6 Å². The van der Waals surface area contributed by atoms with Crippen LogP contribution in [0.5, 0.6) is 5.75 Å². The van der Waals surface area contributed by atoms with Crippen LogP contribution >= 0.6 is 0 Å². The van der Waals surface area contributed by atoms with Crippen molar-refractivity contribution >= 4 is 5.91 Å². The highest BCUT2D eigenvalue weighted by Gasteiger charge is 2.19. The Kier molecular flexibility index (Phi) is 8.10. The molecule has 0 aliphatic heterocycles. The van der Waals surface area contributed by atoms with Gasteiger partial charge in [0.1, 0.15) is 5.75 Å². The van der Waals surface area contributed by atoms with Gasteiger partial charge in [0.2, 0.25) is 0 Å². The highest BCUT2D eigenvalue weighted by atomic mass is 16.5. The summed E-state index contributed by atoms with van der Waals surface area (Å²) in [4.78, 5) is 11.9. The standard InChI is InChI=1S/C19H31NO3/c1-15-9-10-17(16(13-15)19(2,3)4)23-14-18(22)20-11-7-5-6-8-12-21/h9-10,13,21H,5-8,11-12,14H2,1-4H3,(H,20,22). The Morgan fingerprint density at radius 3 is 2.52 bits per heavy atom. The summed E-state index contributed by atoms with van der Waals surface area (Å²) in [6.07, 6.45) is 3.79. The van der Waals surface area contributed by atoms with Crippen molar-refractivity contribution in [1.82, 2.24) is 5.32 Å². The predicted octanol–water partition coefficient (Wildman–Crippen LogP) is 3.34. The van der Waals surface area contributed by atoms with Crippen LogP contribution < -0.4 is 10.1 Å². The summed E-state index contributed by atoms with van der Waals surface area (Å²) in [5.41, 5.74) is 2.29. The fraction of sp³-hybridized carbons (Fsp3) is 0.632. The number of rotatable bonds is 9. The molecule has 1 aromatic rings. The molecule has 0 atom stereocenters. The quantitative estimate of drug-likeness (QED) is 0.686. The van der Waals surface area contributed by atoms with Crippen molar-refractivity contribution in [1.29, 1.82) is 0 Å². The second-order valence-corrected chi connectivity index (χ2v) is 7.03. The van der Waals surface area contributed by atoms with Gasteiger partial charge in [-0.05, 0) is 36.8 Å². The fourth-order valence-electron chi connectivity index (χ4n) is 2.37. The Morgan fingerprint density at radius 1 is 1.17 bits per heavy atom. The molecule has 0 aromatic heterocycles. The molecule has 23 heavy (non-hydrogen) atoms. The Labute approximate surface area is 140 Å². The van der Waals surface area contributed by atoms with Gasteiger partial charge < -0.3 is 15.2 Å². The lowest BCUT2D eigenvalue weighted by atomic mass is 9.85. The van der Waals surface area contributed by atoms with Crippen LogP contribution in [-0.4, -0.2) is 30.8 Å². The molecule has 130 valence electrons. The van der Waals surface area contributed by atoms with Crippen molar-refractivity contribution < 1.29 is 14.6 Å². The van der Waals surface area contributed by atoms with Crippen LogP contribution in [-0.2, 0) is 10.2 Å². The van der Waals surface area contributed by atoms with E-state index >= 15 is 0 Å². The number of carbonyl (C=O) groups is 1. The number of hydrogen-bond acceptors (Lipinski definition) is 3. The molecule has 0 heterocycles. The summed E-state index contributed by atoms with van der Waals surface area (Å²) in [6.45, 7) is 9.43. The summed E-state index contributed by atoms with van der Waals surface area (Å²) >= 11 is 0. The van der Waals surface area contributed by atoms with Gasteiger partial charge in [0.15, 0.2) is 6.61 Å². The van der Waals surface area contributed by atoms with E-state index in [1.807, 2.05) is 12.1 Å². The number of benzene rings is 1. The predicted molar refractivity (Wildman–Crippen MR) is 93.9 cm³/mol. The number of ether oxygens (including phenoxy) is 1. The molecule has 0 bridgehead atoms. The molecule has 0 aliphatic carbocycles. The third-order valence-electron chi connectivity index (χ3n) is 3.71. The SMILES string of the molecule is Cc1ccc(OCC(=O)NCCCCCCO)c(C(C)(C)C)c1. The lowest BCUT2D eigenvalue weighted by molar-refractivity contribution is -0.123. The van der Waals surface area contributed by atoms with Crippen molar-refractivity contribution in [3.63, 3.8) is 0 Å². The second kappa shape index (κ2) is 9.56. The smallest absolute Gasteiger partial charge is 0.257 e. The zero-order chi connectivity index (χ0) is 17.3. The average Bonchev–Trinajstić information content (AvgIpc) is 2.48. The molecule has 4 nitrogen and oxygen atoms in total. The van der Waals surface area contributed by atoms with E-state index in [4.69, 9.17) is 9.84 Å². The minimum atomic E-state index is -0.0902. The third kappa shape index (κ3) is 7.51. The average molecular weight is 321 g/mol. The molecule has 1 amide bonds. The largest absolute Gasteiger partial charge is 0.483 e. The molecule has 0 radical (unpaired) electrons. The van der Waals surface area contributed by atoms with Crippen LogP contribution in [0.3, 0.4) is 0 Å². The molecule has 0 fully saturated rings. The van der Waals surface area contributed by atoms with Crippen LogP contribution in [0.15, 0.2) is 18.2 Å². The van der Waals surface area contributed by atoms with Gasteiger partial charge in [0, 0.05) is 13.2 Å². The number of hydrogen-bond donors (Lipinski definition) is 2. The van der Waals surface area contributed by atoms with Gasteiger partial charge in [-0.25, -0.2) is 0 Å². The van der Waals surface area contributed by atoms with Crippen molar-refractivity contribution in [2.45, 2.75) is 58.8 Å². The zero-order valence-electron chi connectivity index (χ0n) is 14.9. The Balaban J connectivity index is 2.41. The van der Waals surface area contributed by atoms with Crippen LogP contribution in [0.25, 0.3) is 0 Å². The molecule has 2 N–H and O–H groups in total. The van der Waals surface area contributed by atoms with Crippen molar-refractivity contribution in [2.24, 2.45) is 0 Å². The van der Waals surface area contributed by atoms with Gasteiger partial charge in [-0.1, -0.05) is 51.3 Å². The normalized spacial score (nSPS) is 11.3. The highest BCUT2D eigenvalue weighted by molar-refractivity contribution is 5.77. The van der Waals surface area contributed by atoms with E-state index in [1.165, 1.54) is 5.56 Å². The van der Waals surface area contributed by atoms with E-state index in [1.54, 1.807) is 0 Å². The fourth-order valence-corrected chi connectivity index (χ4v) is 2.37. The number of aliphatic hydroxyl groups is 1. The number of amides is 1. The Bertz CT molecular complexity index is 492. The number of aryl methyl sites for hydroxylation is 1. The van der Waals surface area contributed by atoms with E-state index in [0.717, 1.165) is 37.0 Å². The first-order valence-corrected chi connectivity index (χ1v) is 8.46. The summed E-state index contributed by atoms with van der Waals surface area (Å²) in [5.74, 6) is 0.689. The third-order valence-corrected chi connectivity index (χ3v) is 3.71. The maximum absolute atomic E-state index is 11.9. The zero-order valence-corrected chi connectivity index (χ0v) is 14.9. The Morgan fingerprint density at radius 2 is 1.87 bits per heavy atom. The van der Waals surface area contributed by atoms with E-state index in [9.17, 15) is 4.79 Å². The lowest BCUT2D eigenvalue weighted by Crippen LogP contribution is -2.30. The summed E-state index contributed by atoms with van der Waals surface area (Å²) in [6, 6.07) is 6.07. The van der Waals surface area contributed by atoms with Crippen molar-refractivity contribution in [3.05, 3.63) is 29.3 Å². The number of aliphatic hydroxyl groups excluding tert-OH is 1. The van der Waals surface area contributed by atoms with Gasteiger partial charge in [0.05, 0.1) is 0 Å². The molecule has 0 spiro atoms. The van der Waals surface area contributed by atoms with E-state index in [2.05, 4.69) is 39.1 Å². The molecule has 0 saturated carbocycles. The number of unbranched alkanes of at least 4 members (excludes halogenated alkanes) is 3. The second-order valence-electron chi connectivity index (χ2n) is 7.03. The Hall–Kier alpha value is -1.55. The molecular weight excluding hydrogens is 290 g/mol. The maximum Gasteiger partial charge on any atom is 0.257 e. The van der Waals surface area contributed by atoms with Gasteiger partial charge in [0.25, 0.3) is 5.91 Å². The lowest BCUT2D eigenvalue weighted by Gasteiger charge is -2.23. The molecule has 1 aromatic carbocycles. The van der Waals surface area contributed by atoms with Gasteiger partial charge in [-0.15, -0.1) is 0 Å². The minimum absolute atomic E-state index is 0.0233. The molecule has 4 heteroatoms. The monoisotopic (exact) mass is 321 g/mol. The highest BCUT2D eigenvalue weighted by Crippen LogP contribution is 2.32. The molecule has 0 aliphatic rings. The van der Waals surface area contributed by atoms with E-state index in [0.29, 0.717) is 6.54 Å². The maximum atomic E-state index is 11.9. The molecule has 1 rings (SSSR count). The van der Waals surface area contributed by atoms with E-state index in [-0.39, 0.29) is 24.5 Å². The van der Waals surface area contributed by atoms with Crippen molar-refractivity contribution in [3.8, 4) is 5.75 Å². The van der Waals surface area contributed by atoms with Gasteiger partial charge in [-0.3, -0.25) is 4.79 Å². The summed E-state index contributed by atoms with van der Waals surface area (Å²) in [7, 11) is 0. The summed E-state index contributed by atoms with van der Waals surface area (Å²) < 4.78 is 5.73. The molecular formula is C19H31NO3. The molecule has 0 unspecified atom stereocenters. The van der Waals surface area contributed by atoms with E-state index < -0.39 is 0 Å². The van der Waals surface area contributed by atoms with Crippen molar-refractivity contribution in [2.75, 3.05) is 19.8 Å². The number of nitrogens with one attached hydrogen (secondary N) is 1. The van der Waals surface area contributed by atoms with Gasteiger partial charge >= 0.3 is 0 Å². The van der Waals surface area contributed by atoms with Crippen LogP contribution in [0.2, 0.25) is 0 Å². The minimum Gasteiger partial charge on any atom is -0.483 e.